The number of nitro benzene ring substituents is 1. The monoisotopic (exact) mass is 399 g/mol. The number of hydrogen-bond acceptors (Lipinski definition) is 8. The Labute approximate surface area is 164 Å². The first-order chi connectivity index (χ1) is 13.8. The first-order valence-electron chi connectivity index (χ1n) is 8.60. The van der Waals surface area contributed by atoms with Crippen LogP contribution in [0, 0.1) is 17.0 Å². The Hall–Kier alpha value is -3.88. The van der Waals surface area contributed by atoms with Crippen LogP contribution >= 0.6 is 0 Å². The fraction of sp³-hybridized carbons (Fsp3) is 0.200. The molecule has 0 fully saturated rings. The second-order valence-electron chi connectivity index (χ2n) is 6.01. The summed E-state index contributed by atoms with van der Waals surface area (Å²) in [4.78, 5) is 34.9. The van der Waals surface area contributed by atoms with Crippen LogP contribution in [0.25, 0.3) is 11.0 Å². The Kier molecular flexibility index (Phi) is 5.49. The van der Waals surface area contributed by atoms with E-state index in [1.807, 2.05) is 0 Å². The van der Waals surface area contributed by atoms with E-state index in [9.17, 15) is 19.7 Å². The van der Waals surface area contributed by atoms with Crippen molar-refractivity contribution in [3.05, 3.63) is 68.1 Å². The van der Waals surface area contributed by atoms with E-state index >= 15 is 0 Å². The number of ether oxygens (including phenoxy) is 3. The number of methoxy groups -OCH3 is 1. The maximum absolute atomic E-state index is 12.6. The number of aryl methyl sites for hydroxylation is 1. The zero-order valence-electron chi connectivity index (χ0n) is 15.9. The standard InChI is InChI=1S/C20H17NO8/c1-4-27-18-10-15(21(24)25)14(9-17(18)26-3)20(23)28-12-5-6-13-11(2)7-19(22)29-16(13)8-12/h5-10H,4H2,1-3H3. The van der Waals surface area contributed by atoms with Gasteiger partial charge in [0.15, 0.2) is 11.5 Å². The molecule has 0 atom stereocenters. The fourth-order valence-electron chi connectivity index (χ4n) is 2.82. The van der Waals surface area contributed by atoms with Crippen molar-refractivity contribution in [2.75, 3.05) is 13.7 Å². The number of benzene rings is 2. The highest BCUT2D eigenvalue weighted by molar-refractivity contribution is 5.96. The first kappa shape index (κ1) is 19.9. The molecule has 1 aromatic heterocycles. The molecule has 1 heterocycles. The summed E-state index contributed by atoms with van der Waals surface area (Å²) in [5, 5.41) is 12.1. The summed E-state index contributed by atoms with van der Waals surface area (Å²) in [7, 11) is 1.35. The molecule has 3 aromatic rings. The summed E-state index contributed by atoms with van der Waals surface area (Å²) in [6.45, 7) is 3.73. The number of carbonyl (C=O) groups excluding carboxylic acids is 1. The molecule has 0 aliphatic heterocycles. The molecular formula is C20H17NO8. The summed E-state index contributed by atoms with van der Waals surface area (Å²) in [5.41, 5.74) is -0.381. The van der Waals surface area contributed by atoms with Gasteiger partial charge < -0.3 is 18.6 Å². The van der Waals surface area contributed by atoms with Gasteiger partial charge in [0.05, 0.1) is 24.7 Å². The Morgan fingerprint density at radius 2 is 1.93 bits per heavy atom. The summed E-state index contributed by atoms with van der Waals surface area (Å²) in [6.07, 6.45) is 0. The van der Waals surface area contributed by atoms with E-state index in [1.54, 1.807) is 19.9 Å². The van der Waals surface area contributed by atoms with E-state index in [0.29, 0.717) is 10.9 Å². The molecule has 0 unspecified atom stereocenters. The molecular weight excluding hydrogens is 382 g/mol. The van der Waals surface area contributed by atoms with Gasteiger partial charge >= 0.3 is 11.6 Å². The molecule has 150 valence electrons. The number of hydrogen-bond donors (Lipinski definition) is 0. The molecule has 0 aliphatic carbocycles. The van der Waals surface area contributed by atoms with Crippen LogP contribution in [0.2, 0.25) is 0 Å². The molecule has 29 heavy (non-hydrogen) atoms. The number of esters is 1. The van der Waals surface area contributed by atoms with E-state index in [4.69, 9.17) is 18.6 Å². The van der Waals surface area contributed by atoms with Gasteiger partial charge in [0, 0.05) is 23.6 Å². The number of fused-ring (bicyclic) bond motifs is 1. The molecule has 3 rings (SSSR count). The molecule has 9 heteroatoms. The molecule has 0 saturated carbocycles. The second kappa shape index (κ2) is 8.01. The lowest BCUT2D eigenvalue weighted by molar-refractivity contribution is -0.385. The maximum Gasteiger partial charge on any atom is 0.350 e. The lowest BCUT2D eigenvalue weighted by Gasteiger charge is -2.11. The molecule has 0 amide bonds. The quantitative estimate of drug-likeness (QED) is 0.203. The average molecular weight is 399 g/mol. The highest BCUT2D eigenvalue weighted by Gasteiger charge is 2.26. The minimum absolute atomic E-state index is 0.0680. The van der Waals surface area contributed by atoms with Gasteiger partial charge in [-0.1, -0.05) is 0 Å². The van der Waals surface area contributed by atoms with Crippen LogP contribution in [-0.2, 0) is 0 Å². The van der Waals surface area contributed by atoms with Crippen molar-refractivity contribution in [1.82, 2.24) is 0 Å². The van der Waals surface area contributed by atoms with Gasteiger partial charge in [0.2, 0.25) is 0 Å². The van der Waals surface area contributed by atoms with Crippen LogP contribution in [0.1, 0.15) is 22.8 Å². The van der Waals surface area contributed by atoms with Crippen LogP contribution in [0.3, 0.4) is 0 Å². The highest BCUT2D eigenvalue weighted by Crippen LogP contribution is 2.35. The normalized spacial score (nSPS) is 10.6. The Bertz CT molecular complexity index is 1170. The van der Waals surface area contributed by atoms with Gasteiger partial charge in [-0.2, -0.15) is 0 Å². The second-order valence-corrected chi connectivity index (χ2v) is 6.01. The van der Waals surface area contributed by atoms with Gasteiger partial charge in [-0.3, -0.25) is 10.1 Å². The summed E-state index contributed by atoms with van der Waals surface area (Å²) in [6, 6.07) is 8.16. The van der Waals surface area contributed by atoms with Crippen LogP contribution in [0.5, 0.6) is 17.2 Å². The number of nitrogens with zero attached hydrogens (tertiary/aromatic N) is 1. The third-order valence-electron chi connectivity index (χ3n) is 4.13. The molecule has 0 saturated heterocycles. The number of rotatable bonds is 6. The van der Waals surface area contributed by atoms with Crippen molar-refractivity contribution >= 4 is 22.6 Å². The van der Waals surface area contributed by atoms with Gasteiger partial charge in [-0.05, 0) is 31.5 Å². The summed E-state index contributed by atoms with van der Waals surface area (Å²) < 4.78 is 20.9. The third kappa shape index (κ3) is 4.03. The minimum atomic E-state index is -0.965. The molecule has 0 radical (unpaired) electrons. The van der Waals surface area contributed by atoms with Crippen LogP contribution < -0.4 is 19.8 Å². The molecule has 0 spiro atoms. The van der Waals surface area contributed by atoms with Crippen molar-refractivity contribution in [2.45, 2.75) is 13.8 Å². The molecule has 0 aliphatic rings. The lowest BCUT2D eigenvalue weighted by Crippen LogP contribution is -2.12. The average Bonchev–Trinajstić information content (AvgIpc) is 2.67. The van der Waals surface area contributed by atoms with Crippen molar-refractivity contribution in [2.24, 2.45) is 0 Å². The first-order valence-corrected chi connectivity index (χ1v) is 8.60. The fourth-order valence-corrected chi connectivity index (χ4v) is 2.82. The third-order valence-corrected chi connectivity index (χ3v) is 4.13. The van der Waals surface area contributed by atoms with Crippen molar-refractivity contribution in [3.8, 4) is 17.2 Å². The van der Waals surface area contributed by atoms with Gasteiger partial charge in [-0.25, -0.2) is 9.59 Å². The van der Waals surface area contributed by atoms with Gasteiger partial charge in [0.25, 0.3) is 5.69 Å². The Morgan fingerprint density at radius 3 is 2.59 bits per heavy atom. The number of nitro groups is 1. The highest BCUT2D eigenvalue weighted by atomic mass is 16.6. The zero-order valence-corrected chi connectivity index (χ0v) is 15.9. The van der Waals surface area contributed by atoms with Gasteiger partial charge in [-0.15, -0.1) is 0 Å². The van der Waals surface area contributed by atoms with E-state index in [-0.39, 0.29) is 35.0 Å². The van der Waals surface area contributed by atoms with E-state index in [2.05, 4.69) is 0 Å². The van der Waals surface area contributed by atoms with E-state index in [0.717, 1.165) is 6.07 Å². The summed E-state index contributed by atoms with van der Waals surface area (Å²) >= 11 is 0. The molecule has 2 aromatic carbocycles. The lowest BCUT2D eigenvalue weighted by atomic mass is 10.1. The van der Waals surface area contributed by atoms with Crippen LogP contribution in [-0.4, -0.2) is 24.6 Å². The van der Waals surface area contributed by atoms with Gasteiger partial charge in [0.1, 0.15) is 16.9 Å². The largest absolute Gasteiger partial charge is 0.493 e. The minimum Gasteiger partial charge on any atom is -0.493 e. The predicted octanol–water partition coefficient (Wildman–Crippen LogP) is 3.64. The topological polar surface area (TPSA) is 118 Å². The predicted molar refractivity (Wildman–Crippen MR) is 103 cm³/mol. The zero-order chi connectivity index (χ0) is 21.1. The van der Waals surface area contributed by atoms with E-state index < -0.39 is 22.2 Å². The molecule has 0 bridgehead atoms. The number of carbonyl (C=O) groups is 1. The Morgan fingerprint density at radius 1 is 1.17 bits per heavy atom. The SMILES string of the molecule is CCOc1cc([N+](=O)[O-])c(C(=O)Oc2ccc3c(C)cc(=O)oc3c2)cc1OC. The van der Waals surface area contributed by atoms with Crippen molar-refractivity contribution in [1.29, 1.82) is 0 Å². The molecule has 9 nitrogen and oxygen atoms in total. The van der Waals surface area contributed by atoms with E-state index in [1.165, 1.54) is 31.4 Å². The maximum atomic E-state index is 12.6. The Balaban J connectivity index is 2.01. The molecule has 0 N–H and O–H groups in total. The van der Waals surface area contributed by atoms with Crippen molar-refractivity contribution in [3.63, 3.8) is 0 Å². The van der Waals surface area contributed by atoms with Crippen LogP contribution in [0.4, 0.5) is 5.69 Å². The summed E-state index contributed by atoms with van der Waals surface area (Å²) in [5.74, 6) is -0.600. The van der Waals surface area contributed by atoms with Crippen molar-refractivity contribution < 1.29 is 28.3 Å². The smallest absolute Gasteiger partial charge is 0.350 e. The van der Waals surface area contributed by atoms with Crippen LogP contribution in [0.15, 0.2) is 45.6 Å².